The number of nitrogens with zero attached hydrogens (tertiary/aromatic N) is 3. The molecule has 45 heavy (non-hydrogen) atoms. The molecule has 2 heterocycles. The number of hydrogen-bond acceptors (Lipinski definition) is 4. The zero-order valence-electron chi connectivity index (χ0n) is 24.2. The van der Waals surface area contributed by atoms with Gasteiger partial charge in [0.05, 0.1) is 0 Å². The van der Waals surface area contributed by atoms with E-state index in [0.29, 0.717) is 17.5 Å². The summed E-state index contributed by atoms with van der Waals surface area (Å²) in [4.78, 5) is 15.2. The first-order valence-corrected chi connectivity index (χ1v) is 15.9. The van der Waals surface area contributed by atoms with Crippen LogP contribution in [0.15, 0.2) is 152 Å². The molecule has 4 heteroatoms. The number of thiophene rings is 1. The average molecular weight is 592 g/mol. The monoisotopic (exact) mass is 591 g/mol. The highest BCUT2D eigenvalue weighted by Gasteiger charge is 2.17. The van der Waals surface area contributed by atoms with Crippen molar-refractivity contribution in [3.63, 3.8) is 0 Å². The summed E-state index contributed by atoms with van der Waals surface area (Å²) in [5.41, 5.74) is 5.31. The van der Waals surface area contributed by atoms with E-state index in [4.69, 9.17) is 15.0 Å². The highest BCUT2D eigenvalue weighted by molar-refractivity contribution is 7.25. The fraction of sp³-hybridized carbons (Fsp3) is 0. The molecule has 0 radical (unpaired) electrons. The first-order chi connectivity index (χ1) is 22.3. The molecule has 0 spiro atoms. The number of benzene rings is 7. The maximum Gasteiger partial charge on any atom is 0.164 e. The molecule has 0 N–H and O–H groups in total. The Bertz CT molecular complexity index is 2530. The highest BCUT2D eigenvalue weighted by atomic mass is 32.1. The Balaban J connectivity index is 1.21. The summed E-state index contributed by atoms with van der Waals surface area (Å²) in [6, 6.07) is 53.3. The van der Waals surface area contributed by atoms with Gasteiger partial charge in [0.1, 0.15) is 0 Å². The molecule has 0 amide bonds. The molecule has 0 saturated heterocycles. The maximum atomic E-state index is 5.11. The second kappa shape index (κ2) is 10.5. The molecule has 0 unspecified atom stereocenters. The van der Waals surface area contributed by atoms with Crippen LogP contribution in [0.5, 0.6) is 0 Å². The van der Waals surface area contributed by atoms with Gasteiger partial charge in [-0.2, -0.15) is 0 Å². The topological polar surface area (TPSA) is 38.7 Å². The van der Waals surface area contributed by atoms with E-state index in [9.17, 15) is 0 Å². The average Bonchev–Trinajstić information content (AvgIpc) is 3.51. The quantitative estimate of drug-likeness (QED) is 0.191. The summed E-state index contributed by atoms with van der Waals surface area (Å²) in [5, 5.41) is 7.43. The van der Waals surface area contributed by atoms with Gasteiger partial charge in [-0.1, -0.05) is 133 Å². The Hall–Kier alpha value is -5.71. The van der Waals surface area contributed by atoms with Gasteiger partial charge >= 0.3 is 0 Å². The van der Waals surface area contributed by atoms with Crippen LogP contribution < -0.4 is 0 Å². The summed E-state index contributed by atoms with van der Waals surface area (Å²) in [6.07, 6.45) is 0. The Morgan fingerprint density at radius 3 is 1.73 bits per heavy atom. The van der Waals surface area contributed by atoms with Crippen LogP contribution in [0.4, 0.5) is 0 Å². The summed E-state index contributed by atoms with van der Waals surface area (Å²) < 4.78 is 2.48. The Morgan fingerprint density at radius 2 is 0.933 bits per heavy atom. The van der Waals surface area contributed by atoms with Crippen molar-refractivity contribution in [2.75, 3.05) is 0 Å². The molecule has 0 aliphatic heterocycles. The van der Waals surface area contributed by atoms with E-state index in [1.54, 1.807) is 11.3 Å². The van der Waals surface area contributed by atoms with Crippen LogP contribution in [-0.2, 0) is 0 Å². The minimum atomic E-state index is 0.658. The van der Waals surface area contributed by atoms with E-state index in [1.807, 2.05) is 18.2 Å². The minimum Gasteiger partial charge on any atom is -0.208 e. The van der Waals surface area contributed by atoms with Crippen molar-refractivity contribution in [3.8, 4) is 45.3 Å². The van der Waals surface area contributed by atoms with E-state index in [-0.39, 0.29) is 0 Å². The Morgan fingerprint density at radius 1 is 0.356 bits per heavy atom. The van der Waals surface area contributed by atoms with Crippen molar-refractivity contribution >= 4 is 53.1 Å². The van der Waals surface area contributed by atoms with E-state index >= 15 is 0 Å². The van der Waals surface area contributed by atoms with Crippen molar-refractivity contribution in [1.29, 1.82) is 0 Å². The third kappa shape index (κ3) is 4.38. The predicted octanol–water partition coefficient (Wildman–Crippen LogP) is 11.2. The second-order valence-electron chi connectivity index (χ2n) is 11.2. The largest absolute Gasteiger partial charge is 0.208 e. The number of aromatic nitrogens is 3. The van der Waals surface area contributed by atoms with Crippen molar-refractivity contribution in [1.82, 2.24) is 15.0 Å². The lowest BCUT2D eigenvalue weighted by Gasteiger charge is -2.12. The highest BCUT2D eigenvalue weighted by Crippen LogP contribution is 2.40. The smallest absolute Gasteiger partial charge is 0.164 e. The lowest BCUT2D eigenvalue weighted by Crippen LogP contribution is -2.00. The fourth-order valence-corrected chi connectivity index (χ4v) is 7.53. The van der Waals surface area contributed by atoms with Gasteiger partial charge in [-0.25, -0.2) is 15.0 Å². The van der Waals surface area contributed by atoms with Gasteiger partial charge in [0.15, 0.2) is 17.5 Å². The van der Waals surface area contributed by atoms with E-state index < -0.39 is 0 Å². The number of fused-ring (bicyclic) bond motifs is 6. The first-order valence-electron chi connectivity index (χ1n) is 15.0. The van der Waals surface area contributed by atoms with Crippen LogP contribution in [0.25, 0.3) is 87.0 Å². The fourth-order valence-electron chi connectivity index (χ4n) is 6.39. The molecule has 9 aromatic rings. The van der Waals surface area contributed by atoms with Crippen molar-refractivity contribution in [2.45, 2.75) is 0 Å². The maximum absolute atomic E-state index is 5.11. The third-order valence-corrected chi connectivity index (χ3v) is 9.67. The van der Waals surface area contributed by atoms with Crippen LogP contribution in [0.2, 0.25) is 0 Å². The SMILES string of the molecule is c1ccc(-c2nc(-c3ccc(-c4cc5ccccc5c5ccccc45)cc3)nc(-c3cccc4sc5ccccc5c34)n2)cc1. The molecule has 7 aromatic carbocycles. The van der Waals surface area contributed by atoms with Gasteiger partial charge < -0.3 is 0 Å². The third-order valence-electron chi connectivity index (χ3n) is 8.53. The van der Waals surface area contributed by atoms with Crippen molar-refractivity contribution in [3.05, 3.63) is 152 Å². The molecule has 9 rings (SSSR count). The molecule has 0 saturated carbocycles. The van der Waals surface area contributed by atoms with Gasteiger partial charge in [0, 0.05) is 36.9 Å². The van der Waals surface area contributed by atoms with Crippen LogP contribution >= 0.6 is 11.3 Å². The molecule has 0 atom stereocenters. The minimum absolute atomic E-state index is 0.658. The van der Waals surface area contributed by atoms with Crippen LogP contribution in [0.1, 0.15) is 0 Å². The second-order valence-corrected chi connectivity index (χ2v) is 12.3. The van der Waals surface area contributed by atoms with Crippen LogP contribution in [0, 0.1) is 0 Å². The molecule has 0 aliphatic carbocycles. The van der Waals surface area contributed by atoms with E-state index in [1.165, 1.54) is 47.3 Å². The standard InChI is InChI=1S/C41H25N3S/c1-2-11-27(12-3-1)39-42-40(44-41(43-39)34-18-10-20-37-38(34)33-17-8-9-19-36(33)45-37)28-23-21-26(22-24-28)35-25-29-13-4-5-14-30(29)31-15-6-7-16-32(31)35/h1-25H. The van der Waals surface area contributed by atoms with Crippen molar-refractivity contribution in [2.24, 2.45) is 0 Å². The summed E-state index contributed by atoms with van der Waals surface area (Å²) in [7, 11) is 0. The molecular weight excluding hydrogens is 567 g/mol. The van der Waals surface area contributed by atoms with Crippen molar-refractivity contribution < 1.29 is 0 Å². The van der Waals surface area contributed by atoms with Gasteiger partial charge in [0.2, 0.25) is 0 Å². The molecule has 2 aromatic heterocycles. The number of rotatable bonds is 4. The summed E-state index contributed by atoms with van der Waals surface area (Å²) in [5.74, 6) is 2.00. The van der Waals surface area contributed by atoms with Gasteiger partial charge in [0.25, 0.3) is 0 Å². The zero-order chi connectivity index (χ0) is 29.7. The summed E-state index contributed by atoms with van der Waals surface area (Å²) in [6.45, 7) is 0. The Labute approximate surface area is 264 Å². The first kappa shape index (κ1) is 25.8. The Kier molecular flexibility index (Phi) is 6.00. The van der Waals surface area contributed by atoms with Gasteiger partial charge in [-0.15, -0.1) is 11.3 Å². The molecule has 0 fully saturated rings. The predicted molar refractivity (Wildman–Crippen MR) is 189 cm³/mol. The molecule has 3 nitrogen and oxygen atoms in total. The molecule has 0 bridgehead atoms. The number of hydrogen-bond donors (Lipinski definition) is 0. The lowest BCUT2D eigenvalue weighted by atomic mass is 9.93. The van der Waals surface area contributed by atoms with Crippen LogP contribution in [0.3, 0.4) is 0 Å². The van der Waals surface area contributed by atoms with E-state index in [0.717, 1.165) is 22.3 Å². The zero-order valence-corrected chi connectivity index (χ0v) is 25.0. The summed E-state index contributed by atoms with van der Waals surface area (Å²) >= 11 is 1.80. The van der Waals surface area contributed by atoms with Gasteiger partial charge in [-0.05, 0) is 50.9 Å². The normalized spacial score (nSPS) is 11.6. The van der Waals surface area contributed by atoms with Crippen LogP contribution in [-0.4, -0.2) is 15.0 Å². The molecular formula is C41H25N3S. The lowest BCUT2D eigenvalue weighted by molar-refractivity contribution is 1.08. The van der Waals surface area contributed by atoms with E-state index in [2.05, 4.69) is 133 Å². The van der Waals surface area contributed by atoms with Gasteiger partial charge in [-0.3, -0.25) is 0 Å². The molecule has 0 aliphatic rings. The molecule has 210 valence electrons.